The molecule has 0 atom stereocenters. The van der Waals surface area contributed by atoms with Crippen LogP contribution >= 0.6 is 30.8 Å². The highest BCUT2D eigenvalue weighted by Gasteiger charge is 2.22. The van der Waals surface area contributed by atoms with Gasteiger partial charge in [0.1, 0.15) is 0 Å². The van der Waals surface area contributed by atoms with Crippen molar-refractivity contribution in [2.75, 3.05) is 25.0 Å². The SMILES string of the molecule is O=P(/C=C/S(=O)(=O)c1ccccc1)(OCCCl)OCCCl. The van der Waals surface area contributed by atoms with E-state index in [1.807, 2.05) is 0 Å². The predicted octanol–water partition coefficient (Wildman–Crippen LogP) is 3.64. The maximum atomic E-state index is 12.3. The van der Waals surface area contributed by atoms with Crippen LogP contribution < -0.4 is 0 Å². The summed E-state index contributed by atoms with van der Waals surface area (Å²) in [6.45, 7) is -0.0618. The molecule has 118 valence electrons. The average Bonchev–Trinajstić information content (AvgIpc) is 2.50. The number of sulfone groups is 1. The topological polar surface area (TPSA) is 69.7 Å². The highest BCUT2D eigenvalue weighted by molar-refractivity contribution is 7.94. The van der Waals surface area contributed by atoms with Gasteiger partial charge in [0.2, 0.25) is 0 Å². The second kappa shape index (κ2) is 8.93. The molecule has 1 aromatic carbocycles. The van der Waals surface area contributed by atoms with Crippen LogP contribution in [-0.2, 0) is 23.4 Å². The largest absolute Gasteiger partial charge is 0.354 e. The molecule has 0 saturated carbocycles. The van der Waals surface area contributed by atoms with Gasteiger partial charge in [0.25, 0.3) is 0 Å². The molecular weight excluding hydrogens is 358 g/mol. The summed E-state index contributed by atoms with van der Waals surface area (Å²) in [5, 5.41) is 0.811. The summed E-state index contributed by atoms with van der Waals surface area (Å²) in [5.74, 6) is 1.12. The van der Waals surface area contributed by atoms with Crippen molar-refractivity contribution in [3.8, 4) is 0 Å². The van der Waals surface area contributed by atoms with Crippen molar-refractivity contribution in [2.24, 2.45) is 0 Å². The van der Waals surface area contributed by atoms with Crippen molar-refractivity contribution in [1.29, 1.82) is 0 Å². The molecule has 0 heterocycles. The third-order valence-electron chi connectivity index (χ3n) is 2.19. The van der Waals surface area contributed by atoms with Crippen molar-refractivity contribution in [2.45, 2.75) is 4.90 Å². The average molecular weight is 373 g/mol. The standard InChI is InChI=1S/C12H15Cl2O5PS/c13-6-8-18-20(15,19-9-7-14)10-11-21(16,17)12-4-2-1-3-5-12/h1-5,10-11H,6-9H2/b11-10+. The van der Waals surface area contributed by atoms with Crippen molar-refractivity contribution in [1.82, 2.24) is 0 Å². The van der Waals surface area contributed by atoms with E-state index in [2.05, 4.69) is 0 Å². The molecule has 0 bridgehead atoms. The molecule has 5 nitrogen and oxygen atoms in total. The first kappa shape index (κ1) is 18.7. The molecule has 1 rings (SSSR count). The Hall–Kier alpha value is -0.360. The van der Waals surface area contributed by atoms with Crippen LogP contribution in [0.1, 0.15) is 0 Å². The van der Waals surface area contributed by atoms with E-state index < -0.39 is 17.4 Å². The lowest BCUT2D eigenvalue weighted by Gasteiger charge is -2.13. The van der Waals surface area contributed by atoms with Crippen molar-refractivity contribution in [3.05, 3.63) is 41.6 Å². The van der Waals surface area contributed by atoms with Gasteiger partial charge in [0.15, 0.2) is 9.84 Å². The summed E-state index contributed by atoms with van der Waals surface area (Å²) >= 11 is 10.9. The Kier molecular flexibility index (Phi) is 7.95. The fourth-order valence-corrected chi connectivity index (χ4v) is 4.53. The number of benzene rings is 1. The summed E-state index contributed by atoms with van der Waals surface area (Å²) in [7, 11) is -7.42. The van der Waals surface area contributed by atoms with Gasteiger partial charge < -0.3 is 9.05 Å². The molecule has 1 aromatic rings. The summed E-state index contributed by atoms with van der Waals surface area (Å²) in [5.41, 5.74) is 0. The smallest absolute Gasteiger partial charge is 0.304 e. The Morgan fingerprint density at radius 2 is 1.57 bits per heavy atom. The summed E-state index contributed by atoms with van der Waals surface area (Å²) in [4.78, 5) is 0.0856. The maximum absolute atomic E-state index is 12.3. The van der Waals surface area contributed by atoms with Crippen LogP contribution in [0.5, 0.6) is 0 Å². The van der Waals surface area contributed by atoms with Gasteiger partial charge in [0, 0.05) is 23.0 Å². The fraction of sp³-hybridized carbons (Fsp3) is 0.333. The van der Waals surface area contributed by atoms with E-state index in [0.717, 1.165) is 11.2 Å². The van der Waals surface area contributed by atoms with E-state index in [9.17, 15) is 13.0 Å². The minimum atomic E-state index is -3.72. The molecule has 0 aliphatic carbocycles. The number of halogens is 2. The highest BCUT2D eigenvalue weighted by Crippen LogP contribution is 2.50. The summed E-state index contributed by atoms with van der Waals surface area (Å²) in [6, 6.07) is 7.75. The van der Waals surface area contributed by atoms with E-state index in [-0.39, 0.29) is 29.9 Å². The molecule has 0 aliphatic rings. The van der Waals surface area contributed by atoms with Gasteiger partial charge in [-0.2, -0.15) is 0 Å². The van der Waals surface area contributed by atoms with Gasteiger partial charge in [-0.15, -0.1) is 23.2 Å². The molecule has 21 heavy (non-hydrogen) atoms. The van der Waals surface area contributed by atoms with Crippen molar-refractivity contribution < 1.29 is 22.0 Å². The van der Waals surface area contributed by atoms with Crippen LogP contribution in [0.4, 0.5) is 0 Å². The van der Waals surface area contributed by atoms with E-state index >= 15 is 0 Å². The van der Waals surface area contributed by atoms with Crippen molar-refractivity contribution >= 4 is 40.6 Å². The first-order chi connectivity index (χ1) is 9.93. The number of hydrogen-bond donors (Lipinski definition) is 0. The normalized spacial score (nSPS) is 12.9. The Balaban J connectivity index is 2.94. The fourth-order valence-electron chi connectivity index (χ4n) is 1.29. The Labute approximate surface area is 134 Å². The summed E-state index contributed by atoms with van der Waals surface area (Å²) < 4.78 is 46.4. The predicted molar refractivity (Wildman–Crippen MR) is 83.7 cm³/mol. The van der Waals surface area contributed by atoms with E-state index in [1.165, 1.54) is 12.1 Å². The quantitative estimate of drug-likeness (QED) is 0.488. The van der Waals surface area contributed by atoms with Gasteiger partial charge in [-0.25, -0.2) is 8.42 Å². The Bertz CT molecular complexity index is 591. The van der Waals surface area contributed by atoms with Crippen LogP contribution in [0.2, 0.25) is 0 Å². The van der Waals surface area contributed by atoms with Crippen LogP contribution in [0, 0.1) is 0 Å². The molecule has 0 aromatic heterocycles. The molecule has 0 N–H and O–H groups in total. The monoisotopic (exact) mass is 372 g/mol. The van der Waals surface area contributed by atoms with Gasteiger partial charge >= 0.3 is 7.60 Å². The first-order valence-electron chi connectivity index (χ1n) is 5.93. The second-order valence-electron chi connectivity index (χ2n) is 3.73. The van der Waals surface area contributed by atoms with Crippen LogP contribution in [0.15, 0.2) is 46.5 Å². The third kappa shape index (κ3) is 6.51. The number of hydrogen-bond acceptors (Lipinski definition) is 5. The zero-order chi connectivity index (χ0) is 15.8. The maximum Gasteiger partial charge on any atom is 0.354 e. The zero-order valence-corrected chi connectivity index (χ0v) is 14.2. The van der Waals surface area contributed by atoms with E-state index in [4.69, 9.17) is 32.2 Å². The van der Waals surface area contributed by atoms with Gasteiger partial charge in [-0.1, -0.05) is 18.2 Å². The van der Waals surface area contributed by atoms with E-state index in [1.54, 1.807) is 18.2 Å². The van der Waals surface area contributed by atoms with Gasteiger partial charge in [-0.05, 0) is 12.1 Å². The molecule has 0 unspecified atom stereocenters. The van der Waals surface area contributed by atoms with Gasteiger partial charge in [-0.3, -0.25) is 4.57 Å². The molecule has 0 saturated heterocycles. The number of rotatable bonds is 9. The lowest BCUT2D eigenvalue weighted by atomic mass is 10.4. The highest BCUT2D eigenvalue weighted by atomic mass is 35.5. The molecular formula is C12H15Cl2O5PS. The first-order valence-corrected chi connectivity index (χ1v) is 10.2. The summed E-state index contributed by atoms with van der Waals surface area (Å²) in [6.07, 6.45) is 0. The number of alkyl halides is 2. The van der Waals surface area contributed by atoms with Gasteiger partial charge in [0.05, 0.1) is 18.1 Å². The molecule has 9 heteroatoms. The van der Waals surface area contributed by atoms with E-state index in [0.29, 0.717) is 0 Å². The third-order valence-corrected chi connectivity index (χ3v) is 5.72. The molecule has 0 radical (unpaired) electrons. The minimum Gasteiger partial charge on any atom is -0.304 e. The Morgan fingerprint density at radius 1 is 1.05 bits per heavy atom. The second-order valence-corrected chi connectivity index (χ2v) is 8.21. The lowest BCUT2D eigenvalue weighted by Crippen LogP contribution is -2.01. The van der Waals surface area contributed by atoms with Crippen LogP contribution in [0.25, 0.3) is 0 Å². The Morgan fingerprint density at radius 3 is 2.05 bits per heavy atom. The molecule has 0 fully saturated rings. The molecule has 0 spiro atoms. The van der Waals surface area contributed by atoms with Crippen LogP contribution in [-0.4, -0.2) is 33.4 Å². The zero-order valence-electron chi connectivity index (χ0n) is 11.0. The molecule has 0 amide bonds. The minimum absolute atomic E-state index is 0.0309. The lowest BCUT2D eigenvalue weighted by molar-refractivity contribution is 0.231. The van der Waals surface area contributed by atoms with Crippen LogP contribution in [0.3, 0.4) is 0 Å². The van der Waals surface area contributed by atoms with Crippen molar-refractivity contribution in [3.63, 3.8) is 0 Å². The molecule has 0 aliphatic heterocycles.